The van der Waals surface area contributed by atoms with Gasteiger partial charge in [-0.2, -0.15) is 0 Å². The lowest BCUT2D eigenvalue weighted by Crippen LogP contribution is -2.39. The zero-order chi connectivity index (χ0) is 12.3. The number of anilines is 1. The second-order valence-electron chi connectivity index (χ2n) is 3.99. The Hall–Kier alpha value is -1.21. The number of halogens is 1. The maximum Gasteiger partial charge on any atom is 0.311 e. The van der Waals surface area contributed by atoms with E-state index in [1.165, 1.54) is 12.4 Å². The topological polar surface area (TPSA) is 94.1 Å². The Morgan fingerprint density at radius 3 is 2.75 bits per heavy atom. The molecule has 0 aromatic carbocycles. The fourth-order valence-corrected chi connectivity index (χ4v) is 1.50. The predicted molar refractivity (Wildman–Crippen MR) is 65.3 cm³/mol. The van der Waals surface area contributed by atoms with Crippen molar-refractivity contribution >= 4 is 27.3 Å². The molecule has 0 unspecified atom stereocenters. The number of pyridine rings is 1. The highest BCUT2D eigenvalue weighted by atomic mass is 79.9. The van der Waals surface area contributed by atoms with Crippen LogP contribution in [0.4, 0.5) is 11.4 Å². The molecule has 0 aliphatic carbocycles. The van der Waals surface area contributed by atoms with Crippen molar-refractivity contribution < 1.29 is 4.92 Å². The van der Waals surface area contributed by atoms with Crippen molar-refractivity contribution in [2.45, 2.75) is 19.4 Å². The maximum atomic E-state index is 10.8. The first-order chi connectivity index (χ1) is 7.37. The van der Waals surface area contributed by atoms with Crippen LogP contribution in [0.3, 0.4) is 0 Å². The standard InChI is InChI=1S/C9H13BrN4O2/c1-9(2,5-11)13-8-6(10)3-12-4-7(8)14(15)16/h3-4H,5,11H2,1-2H3,(H,12,13). The maximum absolute atomic E-state index is 10.8. The van der Waals surface area contributed by atoms with E-state index < -0.39 is 10.5 Å². The predicted octanol–water partition coefficient (Wildman–Crippen LogP) is 1.90. The van der Waals surface area contributed by atoms with E-state index in [0.29, 0.717) is 16.7 Å². The molecule has 0 bridgehead atoms. The summed E-state index contributed by atoms with van der Waals surface area (Å²) in [6.07, 6.45) is 2.71. The van der Waals surface area contributed by atoms with Crippen LogP contribution in [0.2, 0.25) is 0 Å². The van der Waals surface area contributed by atoms with Crippen LogP contribution in [0, 0.1) is 10.1 Å². The molecule has 0 amide bonds. The van der Waals surface area contributed by atoms with Gasteiger partial charge in [0.2, 0.25) is 0 Å². The van der Waals surface area contributed by atoms with Crippen molar-refractivity contribution in [3.05, 3.63) is 27.0 Å². The van der Waals surface area contributed by atoms with Gasteiger partial charge in [-0.1, -0.05) is 0 Å². The molecule has 1 heterocycles. The third kappa shape index (κ3) is 2.89. The molecule has 0 saturated heterocycles. The minimum Gasteiger partial charge on any atom is -0.372 e. The first-order valence-corrected chi connectivity index (χ1v) is 5.43. The van der Waals surface area contributed by atoms with Crippen molar-refractivity contribution in [3.63, 3.8) is 0 Å². The van der Waals surface area contributed by atoms with E-state index in [1.807, 2.05) is 13.8 Å². The minimum absolute atomic E-state index is 0.0732. The average Bonchev–Trinajstić information content (AvgIpc) is 2.20. The molecule has 1 aromatic heterocycles. The van der Waals surface area contributed by atoms with Crippen LogP contribution in [-0.4, -0.2) is 22.0 Å². The Bertz CT molecular complexity index is 408. The number of aromatic nitrogens is 1. The SMILES string of the molecule is CC(C)(CN)Nc1c(Br)cncc1[N+](=O)[O-]. The van der Waals surface area contributed by atoms with E-state index in [0.717, 1.165) is 0 Å². The van der Waals surface area contributed by atoms with E-state index in [2.05, 4.69) is 26.2 Å². The molecule has 3 N–H and O–H groups in total. The summed E-state index contributed by atoms with van der Waals surface area (Å²) in [4.78, 5) is 14.1. The average molecular weight is 289 g/mol. The molecule has 0 aliphatic heterocycles. The van der Waals surface area contributed by atoms with Gasteiger partial charge in [-0.3, -0.25) is 15.1 Å². The van der Waals surface area contributed by atoms with Crippen molar-refractivity contribution in [1.29, 1.82) is 0 Å². The van der Waals surface area contributed by atoms with Gasteiger partial charge >= 0.3 is 5.69 Å². The summed E-state index contributed by atoms with van der Waals surface area (Å²) in [6, 6.07) is 0. The zero-order valence-electron chi connectivity index (χ0n) is 9.03. The highest BCUT2D eigenvalue weighted by Crippen LogP contribution is 2.32. The number of nitro groups is 1. The lowest BCUT2D eigenvalue weighted by atomic mass is 10.1. The highest BCUT2D eigenvalue weighted by molar-refractivity contribution is 9.10. The van der Waals surface area contributed by atoms with Gasteiger partial charge < -0.3 is 11.1 Å². The summed E-state index contributed by atoms with van der Waals surface area (Å²) in [5.74, 6) is 0. The van der Waals surface area contributed by atoms with Crippen molar-refractivity contribution in [3.8, 4) is 0 Å². The Balaban J connectivity index is 3.16. The number of nitrogens with zero attached hydrogens (tertiary/aromatic N) is 2. The summed E-state index contributed by atoms with van der Waals surface area (Å²) in [5.41, 5.74) is 5.47. The fraction of sp³-hybridized carbons (Fsp3) is 0.444. The monoisotopic (exact) mass is 288 g/mol. The first-order valence-electron chi connectivity index (χ1n) is 4.63. The molecule has 0 aliphatic rings. The number of nitrogens with one attached hydrogen (secondary N) is 1. The van der Waals surface area contributed by atoms with E-state index in [1.54, 1.807) is 0 Å². The minimum atomic E-state index is -0.479. The largest absolute Gasteiger partial charge is 0.372 e. The lowest BCUT2D eigenvalue weighted by molar-refractivity contribution is -0.384. The molecule has 88 valence electrons. The van der Waals surface area contributed by atoms with Gasteiger partial charge in [-0.15, -0.1) is 0 Å². The molecule has 0 saturated carbocycles. The molecular weight excluding hydrogens is 276 g/mol. The molecule has 6 nitrogen and oxygen atoms in total. The molecule has 1 rings (SSSR count). The molecule has 1 aromatic rings. The zero-order valence-corrected chi connectivity index (χ0v) is 10.6. The number of hydrogen-bond donors (Lipinski definition) is 2. The van der Waals surface area contributed by atoms with Crippen LogP contribution < -0.4 is 11.1 Å². The van der Waals surface area contributed by atoms with Crippen LogP contribution in [0.5, 0.6) is 0 Å². The smallest absolute Gasteiger partial charge is 0.311 e. The van der Waals surface area contributed by atoms with Crippen LogP contribution in [0.25, 0.3) is 0 Å². The highest BCUT2D eigenvalue weighted by Gasteiger charge is 2.23. The van der Waals surface area contributed by atoms with Crippen LogP contribution in [-0.2, 0) is 0 Å². The molecule has 0 fully saturated rings. The van der Waals surface area contributed by atoms with E-state index in [4.69, 9.17) is 5.73 Å². The molecule has 0 atom stereocenters. The normalized spacial score (nSPS) is 11.2. The summed E-state index contributed by atoms with van der Waals surface area (Å²) >= 11 is 3.23. The van der Waals surface area contributed by atoms with Gasteiger partial charge in [-0.05, 0) is 29.8 Å². The second kappa shape index (κ2) is 4.75. The van der Waals surface area contributed by atoms with Gasteiger partial charge in [0, 0.05) is 18.3 Å². The summed E-state index contributed by atoms with van der Waals surface area (Å²) in [5, 5.41) is 13.9. The molecular formula is C9H13BrN4O2. The van der Waals surface area contributed by atoms with E-state index in [-0.39, 0.29) is 5.69 Å². The summed E-state index contributed by atoms with van der Waals surface area (Å²) in [6.45, 7) is 4.09. The van der Waals surface area contributed by atoms with Crippen molar-refractivity contribution in [1.82, 2.24) is 4.98 Å². The summed E-state index contributed by atoms with van der Waals surface area (Å²) < 4.78 is 0.545. The third-order valence-corrected chi connectivity index (χ3v) is 2.65. The number of nitrogens with two attached hydrogens (primary N) is 1. The number of rotatable bonds is 4. The Morgan fingerprint density at radius 1 is 1.62 bits per heavy atom. The van der Waals surface area contributed by atoms with Crippen LogP contribution in [0.1, 0.15) is 13.8 Å². The van der Waals surface area contributed by atoms with Crippen molar-refractivity contribution in [2.24, 2.45) is 5.73 Å². The molecule has 16 heavy (non-hydrogen) atoms. The Kier molecular flexibility index (Phi) is 3.82. The van der Waals surface area contributed by atoms with E-state index in [9.17, 15) is 10.1 Å². The Labute approximate surface area is 102 Å². The third-order valence-electron chi connectivity index (χ3n) is 2.05. The quantitative estimate of drug-likeness (QED) is 0.652. The Morgan fingerprint density at radius 2 is 2.25 bits per heavy atom. The van der Waals surface area contributed by atoms with Gasteiger partial charge in [-0.25, -0.2) is 0 Å². The number of hydrogen-bond acceptors (Lipinski definition) is 5. The summed E-state index contributed by atoms with van der Waals surface area (Å²) in [7, 11) is 0. The van der Waals surface area contributed by atoms with Crippen molar-refractivity contribution in [2.75, 3.05) is 11.9 Å². The fourth-order valence-electron chi connectivity index (χ4n) is 1.08. The first kappa shape index (κ1) is 12.9. The van der Waals surface area contributed by atoms with E-state index >= 15 is 0 Å². The lowest BCUT2D eigenvalue weighted by Gasteiger charge is -2.25. The van der Waals surface area contributed by atoms with Gasteiger partial charge in [0.1, 0.15) is 11.9 Å². The molecule has 7 heteroatoms. The van der Waals surface area contributed by atoms with Crippen LogP contribution in [0.15, 0.2) is 16.9 Å². The van der Waals surface area contributed by atoms with Gasteiger partial charge in [0.05, 0.1) is 9.40 Å². The van der Waals surface area contributed by atoms with Gasteiger partial charge in [0.15, 0.2) is 0 Å². The van der Waals surface area contributed by atoms with Crippen LogP contribution >= 0.6 is 15.9 Å². The van der Waals surface area contributed by atoms with Gasteiger partial charge in [0.25, 0.3) is 0 Å². The molecule has 0 radical (unpaired) electrons. The molecule has 0 spiro atoms. The second-order valence-corrected chi connectivity index (χ2v) is 4.84.